The normalized spacial score (nSPS) is 19.1. The molecule has 0 radical (unpaired) electrons. The lowest BCUT2D eigenvalue weighted by Gasteiger charge is -2.29. The Hall–Kier alpha value is -3.56. The predicted octanol–water partition coefficient (Wildman–Crippen LogP) is 1.84. The van der Waals surface area contributed by atoms with Crippen LogP contribution in [0.15, 0.2) is 48.2 Å². The van der Waals surface area contributed by atoms with Crippen molar-refractivity contribution in [3.8, 4) is 11.5 Å². The first kappa shape index (κ1) is 25.1. The molecule has 3 rings (SSSR count). The van der Waals surface area contributed by atoms with Gasteiger partial charge in [0.05, 0.1) is 31.5 Å². The van der Waals surface area contributed by atoms with E-state index in [2.05, 4.69) is 0 Å². The molecule has 9 nitrogen and oxygen atoms in total. The summed E-state index contributed by atoms with van der Waals surface area (Å²) in [6.45, 7) is 2.90. The summed E-state index contributed by atoms with van der Waals surface area (Å²) in [4.78, 5) is 25.8. The number of phenolic OH excluding ortho intramolecular Hbond substituents is 2. The molecular formula is C25H28O9. The smallest absolute Gasteiger partial charge is 0.375 e. The maximum Gasteiger partial charge on any atom is 0.375 e. The van der Waals surface area contributed by atoms with Crippen LogP contribution in [-0.4, -0.2) is 63.9 Å². The molecule has 0 saturated heterocycles. The van der Waals surface area contributed by atoms with Gasteiger partial charge >= 0.3 is 11.9 Å². The lowest BCUT2D eigenvalue weighted by molar-refractivity contribution is -0.169. The minimum atomic E-state index is -1.91. The maximum atomic E-state index is 13.1. The molecule has 2 aromatic carbocycles. The third kappa shape index (κ3) is 4.71. The molecule has 0 aliphatic carbocycles. The second-order valence-corrected chi connectivity index (χ2v) is 8.68. The Morgan fingerprint density at radius 3 is 2.32 bits per heavy atom. The van der Waals surface area contributed by atoms with Gasteiger partial charge in [-0.3, -0.25) is 0 Å². The van der Waals surface area contributed by atoms with Crippen LogP contribution in [-0.2, 0) is 36.6 Å². The number of rotatable bonds is 8. The lowest BCUT2D eigenvalue weighted by Crippen LogP contribution is -2.44. The fraction of sp³-hybridized carbons (Fsp3) is 0.360. The second-order valence-electron chi connectivity index (χ2n) is 8.68. The number of carbonyl (C=O) groups excluding carboxylic acids is 2. The van der Waals surface area contributed by atoms with Gasteiger partial charge < -0.3 is 34.6 Å². The molecule has 2 atom stereocenters. The fourth-order valence-electron chi connectivity index (χ4n) is 3.88. The summed E-state index contributed by atoms with van der Waals surface area (Å²) in [5, 5.41) is 40.3. The quantitative estimate of drug-likeness (QED) is 0.423. The highest BCUT2D eigenvalue weighted by atomic mass is 16.6. The fourth-order valence-corrected chi connectivity index (χ4v) is 3.88. The number of hydrogen-bond donors (Lipinski definition) is 4. The number of esters is 2. The van der Waals surface area contributed by atoms with Crippen molar-refractivity contribution in [2.45, 2.75) is 44.0 Å². The molecule has 0 unspecified atom stereocenters. The Morgan fingerprint density at radius 1 is 1.12 bits per heavy atom. The van der Waals surface area contributed by atoms with Crippen LogP contribution in [0.2, 0.25) is 0 Å². The van der Waals surface area contributed by atoms with E-state index in [1.54, 1.807) is 12.1 Å². The van der Waals surface area contributed by atoms with E-state index in [4.69, 9.17) is 14.2 Å². The largest absolute Gasteiger partial charge is 0.508 e. The van der Waals surface area contributed by atoms with Gasteiger partial charge in [0.15, 0.2) is 0 Å². The molecule has 0 spiro atoms. The van der Waals surface area contributed by atoms with Crippen LogP contribution in [0, 0.1) is 0 Å². The summed E-state index contributed by atoms with van der Waals surface area (Å²) < 4.78 is 15.9. The summed E-state index contributed by atoms with van der Waals surface area (Å²) in [5.74, 6) is -1.98. The molecule has 4 N–H and O–H groups in total. The number of aliphatic hydroxyl groups excluding tert-OH is 1. The van der Waals surface area contributed by atoms with Crippen LogP contribution in [0.3, 0.4) is 0 Å². The van der Waals surface area contributed by atoms with Gasteiger partial charge in [0.1, 0.15) is 11.5 Å². The van der Waals surface area contributed by atoms with Crippen LogP contribution in [0.4, 0.5) is 0 Å². The highest BCUT2D eigenvalue weighted by Crippen LogP contribution is 2.44. The third-order valence-corrected chi connectivity index (χ3v) is 5.78. The van der Waals surface area contributed by atoms with E-state index >= 15 is 0 Å². The van der Waals surface area contributed by atoms with E-state index < -0.39 is 29.2 Å². The maximum absolute atomic E-state index is 13.1. The Bertz CT molecular complexity index is 1110. The zero-order valence-corrected chi connectivity index (χ0v) is 19.4. The van der Waals surface area contributed by atoms with Gasteiger partial charge in [0, 0.05) is 12.8 Å². The summed E-state index contributed by atoms with van der Waals surface area (Å²) in [7, 11) is 2.44. The molecule has 0 fully saturated rings. The molecule has 0 amide bonds. The zero-order valence-electron chi connectivity index (χ0n) is 19.4. The number of aliphatic hydroxyl groups is 2. The van der Waals surface area contributed by atoms with Crippen LogP contribution in [0.25, 0.3) is 5.57 Å². The Labute approximate surface area is 196 Å². The second kappa shape index (κ2) is 9.36. The van der Waals surface area contributed by atoms with Crippen LogP contribution >= 0.6 is 0 Å². The van der Waals surface area contributed by atoms with Gasteiger partial charge in [-0.2, -0.15) is 0 Å². The van der Waals surface area contributed by atoms with Gasteiger partial charge in [0.2, 0.25) is 11.4 Å². The van der Waals surface area contributed by atoms with E-state index in [0.717, 1.165) is 0 Å². The predicted molar refractivity (Wildman–Crippen MR) is 121 cm³/mol. The lowest BCUT2D eigenvalue weighted by atomic mass is 9.82. The first-order chi connectivity index (χ1) is 15.9. The van der Waals surface area contributed by atoms with E-state index in [1.807, 2.05) is 0 Å². The zero-order chi connectivity index (χ0) is 25.3. The monoisotopic (exact) mass is 472 g/mol. The van der Waals surface area contributed by atoms with Gasteiger partial charge in [-0.15, -0.1) is 0 Å². The number of ether oxygens (including phenoxy) is 3. The summed E-state index contributed by atoms with van der Waals surface area (Å²) in [5.41, 5.74) is -1.95. The number of phenols is 2. The molecule has 1 aliphatic rings. The van der Waals surface area contributed by atoms with E-state index in [0.29, 0.717) is 16.7 Å². The minimum absolute atomic E-state index is 0.00855. The van der Waals surface area contributed by atoms with Crippen molar-refractivity contribution in [3.63, 3.8) is 0 Å². The number of hydrogen-bond acceptors (Lipinski definition) is 9. The van der Waals surface area contributed by atoms with Crippen molar-refractivity contribution in [2.24, 2.45) is 0 Å². The number of aromatic hydroxyl groups is 2. The first-order valence-electron chi connectivity index (χ1n) is 10.5. The Balaban J connectivity index is 2.11. The average molecular weight is 472 g/mol. The highest BCUT2D eigenvalue weighted by molar-refractivity contribution is 6.11. The van der Waals surface area contributed by atoms with Gasteiger partial charge in [-0.05, 0) is 48.7 Å². The van der Waals surface area contributed by atoms with Crippen molar-refractivity contribution in [2.75, 3.05) is 14.2 Å². The standard InChI is InChI=1S/C25H28O9/c1-24(2,31)19(28)12-16-11-14(5-10-18(16)27)13-25(23(30)33-4)20(21(32-3)22(29)34-25)15-6-8-17(26)9-7-15/h5-11,19,26-28,31H,12-13H2,1-4H3/t19-,25+/m1/s1. The molecule has 182 valence electrons. The molecule has 2 aromatic rings. The number of carbonyl (C=O) groups is 2. The Kier molecular flexibility index (Phi) is 6.90. The summed E-state index contributed by atoms with van der Waals surface area (Å²) >= 11 is 0. The molecule has 34 heavy (non-hydrogen) atoms. The van der Waals surface area contributed by atoms with Crippen molar-refractivity contribution < 1.29 is 44.2 Å². The molecular weight excluding hydrogens is 444 g/mol. The first-order valence-corrected chi connectivity index (χ1v) is 10.5. The summed E-state index contributed by atoms with van der Waals surface area (Å²) in [6, 6.07) is 10.3. The van der Waals surface area contributed by atoms with Crippen molar-refractivity contribution >= 4 is 17.5 Å². The van der Waals surface area contributed by atoms with E-state index in [1.165, 1.54) is 58.4 Å². The number of methoxy groups -OCH3 is 2. The molecule has 0 bridgehead atoms. The molecule has 1 aliphatic heterocycles. The molecule has 9 heteroatoms. The topological polar surface area (TPSA) is 143 Å². The van der Waals surface area contributed by atoms with Gasteiger partial charge in [0.25, 0.3) is 0 Å². The van der Waals surface area contributed by atoms with Crippen LogP contribution < -0.4 is 0 Å². The third-order valence-electron chi connectivity index (χ3n) is 5.78. The van der Waals surface area contributed by atoms with Crippen molar-refractivity contribution in [1.82, 2.24) is 0 Å². The highest BCUT2D eigenvalue weighted by Gasteiger charge is 2.56. The van der Waals surface area contributed by atoms with Crippen molar-refractivity contribution in [1.29, 1.82) is 0 Å². The minimum Gasteiger partial charge on any atom is -0.508 e. The molecule has 1 heterocycles. The van der Waals surface area contributed by atoms with Crippen LogP contribution in [0.5, 0.6) is 11.5 Å². The number of cyclic esters (lactones) is 1. The van der Waals surface area contributed by atoms with Crippen LogP contribution in [0.1, 0.15) is 30.5 Å². The van der Waals surface area contributed by atoms with E-state index in [-0.39, 0.29) is 35.7 Å². The van der Waals surface area contributed by atoms with E-state index in [9.17, 15) is 30.0 Å². The Morgan fingerprint density at radius 2 is 1.76 bits per heavy atom. The SMILES string of the molecule is COC(=O)[C@@]1(Cc2ccc(O)c(C[C@@H](O)C(C)(C)O)c2)OC(=O)C(OC)=C1c1ccc(O)cc1. The summed E-state index contributed by atoms with van der Waals surface area (Å²) in [6.07, 6.45) is -1.39. The average Bonchev–Trinajstić information content (AvgIpc) is 3.07. The van der Waals surface area contributed by atoms with Gasteiger partial charge in [-0.25, -0.2) is 9.59 Å². The number of benzene rings is 2. The molecule has 0 saturated carbocycles. The van der Waals surface area contributed by atoms with Gasteiger partial charge in [-0.1, -0.05) is 24.3 Å². The van der Waals surface area contributed by atoms with Crippen molar-refractivity contribution in [3.05, 3.63) is 64.9 Å². The molecule has 0 aromatic heterocycles.